The van der Waals surface area contributed by atoms with Crippen molar-refractivity contribution in [2.45, 2.75) is 76.5 Å². The van der Waals surface area contributed by atoms with E-state index in [1.165, 1.54) is 4.90 Å². The second kappa shape index (κ2) is 7.70. The summed E-state index contributed by atoms with van der Waals surface area (Å²) in [6.07, 6.45) is -9.78. The fourth-order valence-electron chi connectivity index (χ4n) is 4.50. The number of fused-ring (bicyclic) bond motifs is 2. The number of hydrogen-bond donors (Lipinski definition) is 0. The molecule has 2 bridgehead atoms. The molecule has 3 rings (SSSR count). The predicted octanol–water partition coefficient (Wildman–Crippen LogP) is 6.09. The third-order valence-electron chi connectivity index (χ3n) is 5.63. The van der Waals surface area contributed by atoms with Gasteiger partial charge in [-0.05, 0) is 58.6 Å². The van der Waals surface area contributed by atoms with Gasteiger partial charge < -0.3 is 9.64 Å². The van der Waals surface area contributed by atoms with Crippen molar-refractivity contribution in [3.8, 4) is 0 Å². The average Bonchev–Trinajstić information content (AvgIpc) is 2.87. The first-order chi connectivity index (χ1) is 14.1. The lowest BCUT2D eigenvalue weighted by Crippen LogP contribution is -2.49. The molecule has 1 aromatic carbocycles. The van der Waals surface area contributed by atoms with Crippen LogP contribution in [0.4, 0.5) is 31.1 Å². The third-order valence-corrected chi connectivity index (χ3v) is 5.63. The molecule has 0 radical (unpaired) electrons. The van der Waals surface area contributed by atoms with E-state index in [9.17, 15) is 35.9 Å². The van der Waals surface area contributed by atoms with Crippen LogP contribution < -0.4 is 0 Å². The average molecular weight is 451 g/mol. The van der Waals surface area contributed by atoms with Crippen molar-refractivity contribution in [3.05, 3.63) is 34.9 Å². The molecule has 172 valence electrons. The van der Waals surface area contributed by atoms with Crippen molar-refractivity contribution >= 4 is 11.9 Å². The number of ether oxygens (including phenoxy) is 1. The molecule has 2 saturated heterocycles. The number of nitrogens with zero attached hydrogens (tertiary/aromatic N) is 1. The van der Waals surface area contributed by atoms with Crippen molar-refractivity contribution in [2.24, 2.45) is 5.92 Å². The molecule has 1 aromatic rings. The maximum Gasteiger partial charge on any atom is 0.417 e. The Hall–Kier alpha value is -2.26. The lowest BCUT2D eigenvalue weighted by Gasteiger charge is -2.39. The summed E-state index contributed by atoms with van der Waals surface area (Å²) in [6.45, 7) is 5.07. The number of amides is 1. The van der Waals surface area contributed by atoms with Crippen LogP contribution in [0.3, 0.4) is 0 Å². The van der Waals surface area contributed by atoms with E-state index in [1.807, 2.05) is 0 Å². The number of hydrogen-bond acceptors (Lipinski definition) is 3. The van der Waals surface area contributed by atoms with E-state index in [-0.39, 0.29) is 12.8 Å². The Morgan fingerprint density at radius 1 is 0.903 bits per heavy atom. The third kappa shape index (κ3) is 4.82. The zero-order chi connectivity index (χ0) is 23.4. The zero-order valence-electron chi connectivity index (χ0n) is 17.2. The molecule has 31 heavy (non-hydrogen) atoms. The van der Waals surface area contributed by atoms with E-state index >= 15 is 0 Å². The summed E-state index contributed by atoms with van der Waals surface area (Å²) < 4.78 is 86.0. The van der Waals surface area contributed by atoms with E-state index in [0.29, 0.717) is 31.0 Å². The monoisotopic (exact) mass is 451 g/mol. The molecule has 2 atom stereocenters. The van der Waals surface area contributed by atoms with E-state index < -0.39 is 64.5 Å². The van der Waals surface area contributed by atoms with Gasteiger partial charge in [0.05, 0.1) is 11.1 Å². The van der Waals surface area contributed by atoms with Crippen LogP contribution in [-0.4, -0.2) is 34.5 Å². The molecule has 2 fully saturated rings. The van der Waals surface area contributed by atoms with Gasteiger partial charge in [-0.1, -0.05) is 6.07 Å². The summed E-state index contributed by atoms with van der Waals surface area (Å²) in [4.78, 5) is 27.0. The summed E-state index contributed by atoms with van der Waals surface area (Å²) in [6, 6.07) is 0.710. The topological polar surface area (TPSA) is 46.6 Å². The Labute approximate surface area is 175 Å². The molecule has 0 aromatic heterocycles. The van der Waals surface area contributed by atoms with Gasteiger partial charge in [0.1, 0.15) is 5.60 Å². The zero-order valence-corrected chi connectivity index (χ0v) is 17.2. The second-order valence-corrected chi connectivity index (χ2v) is 9.03. The van der Waals surface area contributed by atoms with Crippen LogP contribution in [0, 0.1) is 5.92 Å². The Morgan fingerprint density at radius 3 is 1.74 bits per heavy atom. The Balaban J connectivity index is 1.92. The van der Waals surface area contributed by atoms with Gasteiger partial charge in [-0.15, -0.1) is 0 Å². The highest BCUT2D eigenvalue weighted by Crippen LogP contribution is 2.44. The number of alkyl halides is 6. The van der Waals surface area contributed by atoms with Crippen LogP contribution in [0.5, 0.6) is 0 Å². The highest BCUT2D eigenvalue weighted by Gasteiger charge is 2.49. The molecule has 2 unspecified atom stereocenters. The van der Waals surface area contributed by atoms with Crippen LogP contribution in [0.1, 0.15) is 67.9 Å². The van der Waals surface area contributed by atoms with Crippen LogP contribution in [0.2, 0.25) is 0 Å². The maximum absolute atomic E-state index is 13.4. The minimum Gasteiger partial charge on any atom is -0.444 e. The molecule has 1 amide bonds. The lowest BCUT2D eigenvalue weighted by molar-refractivity contribution is -0.143. The number of Topliss-reactive ketones (excluding diaryl/α,β-unsaturated/α-hetero) is 1. The van der Waals surface area contributed by atoms with Gasteiger partial charge in [-0.2, -0.15) is 26.3 Å². The van der Waals surface area contributed by atoms with Gasteiger partial charge >= 0.3 is 18.4 Å². The summed E-state index contributed by atoms with van der Waals surface area (Å²) in [5.74, 6) is -2.22. The number of carbonyl (C=O) groups excluding carboxylic acids is 2. The molecule has 0 aliphatic carbocycles. The lowest BCUT2D eigenvalue weighted by atomic mass is 9.82. The van der Waals surface area contributed by atoms with Crippen LogP contribution in [0.25, 0.3) is 0 Å². The molecule has 2 aliphatic rings. The van der Waals surface area contributed by atoms with Crippen LogP contribution in [-0.2, 0) is 17.1 Å². The number of ketones is 1. The fraction of sp³-hybridized carbons (Fsp3) is 0.619. The molecule has 2 aliphatic heterocycles. The van der Waals surface area contributed by atoms with E-state index in [2.05, 4.69) is 0 Å². The summed E-state index contributed by atoms with van der Waals surface area (Å²) >= 11 is 0. The normalized spacial score (nSPS) is 24.3. The Kier molecular flexibility index (Phi) is 5.82. The van der Waals surface area contributed by atoms with Gasteiger partial charge in [0.2, 0.25) is 0 Å². The van der Waals surface area contributed by atoms with Gasteiger partial charge in [0.25, 0.3) is 0 Å². The van der Waals surface area contributed by atoms with Crippen molar-refractivity contribution in [2.75, 3.05) is 0 Å². The van der Waals surface area contributed by atoms with Gasteiger partial charge in [0.15, 0.2) is 5.78 Å². The molecular formula is C21H23F6NO3. The number of rotatable bonds is 2. The molecule has 4 nitrogen and oxygen atoms in total. The number of carbonyl (C=O) groups is 2. The first kappa shape index (κ1) is 23.4. The predicted molar refractivity (Wildman–Crippen MR) is 98.4 cm³/mol. The highest BCUT2D eigenvalue weighted by molar-refractivity contribution is 6.01. The number of piperidine rings is 1. The van der Waals surface area contributed by atoms with Gasteiger partial charge in [0, 0.05) is 23.6 Å². The van der Waals surface area contributed by atoms with Crippen LogP contribution >= 0.6 is 0 Å². The highest BCUT2D eigenvalue weighted by atomic mass is 19.4. The molecule has 10 heteroatoms. The quantitative estimate of drug-likeness (QED) is 0.404. The van der Waals surface area contributed by atoms with Crippen molar-refractivity contribution in [3.63, 3.8) is 0 Å². The standard InChI is InChI=1S/C21H23F6NO3/c1-19(2,3)31-18(30)28-12-7-8-13(28)10-11(9-12)17(29)16-14(20(22,23)24)5-4-6-15(16)21(25,26)27/h4-6,11-13H,7-10H2,1-3H3. The van der Waals surface area contributed by atoms with Crippen LogP contribution in [0.15, 0.2) is 18.2 Å². The maximum atomic E-state index is 13.4. The second-order valence-electron chi connectivity index (χ2n) is 9.03. The molecule has 0 N–H and O–H groups in total. The molecule has 0 spiro atoms. The number of benzene rings is 1. The van der Waals surface area contributed by atoms with Crippen molar-refractivity contribution in [1.82, 2.24) is 4.90 Å². The van der Waals surface area contributed by atoms with E-state index in [4.69, 9.17) is 4.74 Å². The summed E-state index contributed by atoms with van der Waals surface area (Å²) in [5, 5.41) is 0. The van der Waals surface area contributed by atoms with E-state index in [1.54, 1.807) is 20.8 Å². The minimum absolute atomic E-state index is 0.00192. The summed E-state index contributed by atoms with van der Waals surface area (Å²) in [5.41, 5.74) is -5.27. The Bertz CT molecular complexity index is 825. The SMILES string of the molecule is CC(C)(C)OC(=O)N1C2CCC1CC(C(=O)c1c(C(F)(F)F)cccc1C(F)(F)F)C2. The first-order valence-electron chi connectivity index (χ1n) is 9.92. The fourth-order valence-corrected chi connectivity index (χ4v) is 4.50. The van der Waals surface area contributed by atoms with Crippen molar-refractivity contribution < 1.29 is 40.7 Å². The number of halogens is 6. The minimum atomic E-state index is -5.11. The smallest absolute Gasteiger partial charge is 0.417 e. The first-order valence-corrected chi connectivity index (χ1v) is 9.92. The summed E-state index contributed by atoms with van der Waals surface area (Å²) in [7, 11) is 0. The Morgan fingerprint density at radius 2 is 1.35 bits per heavy atom. The van der Waals surface area contributed by atoms with E-state index in [0.717, 1.165) is 0 Å². The largest absolute Gasteiger partial charge is 0.444 e. The molecular weight excluding hydrogens is 428 g/mol. The molecule has 0 saturated carbocycles. The van der Waals surface area contributed by atoms with Crippen molar-refractivity contribution in [1.29, 1.82) is 0 Å². The van der Waals surface area contributed by atoms with Gasteiger partial charge in [-0.3, -0.25) is 4.79 Å². The van der Waals surface area contributed by atoms with Gasteiger partial charge in [-0.25, -0.2) is 4.79 Å². The molecule has 2 heterocycles.